The molecule has 1 saturated heterocycles. The van der Waals surface area contributed by atoms with Crippen molar-refractivity contribution in [2.24, 2.45) is 29.1 Å². The van der Waals surface area contributed by atoms with Crippen molar-refractivity contribution < 1.29 is 34.4 Å². The molecule has 0 radical (unpaired) electrons. The van der Waals surface area contributed by atoms with Crippen LogP contribution in [0.5, 0.6) is 0 Å². The first-order chi connectivity index (χ1) is 13.3. The molecule has 0 amide bonds. The molecule has 1 aliphatic heterocycles. The van der Waals surface area contributed by atoms with E-state index >= 15 is 0 Å². The fourth-order valence-corrected chi connectivity index (χ4v) is 6.41. The minimum atomic E-state index is -1.20. The van der Waals surface area contributed by atoms with Crippen molar-refractivity contribution in [2.75, 3.05) is 0 Å². The van der Waals surface area contributed by atoms with Gasteiger partial charge in [-0.3, -0.25) is 9.59 Å². The van der Waals surface area contributed by atoms with Gasteiger partial charge < -0.3 is 24.8 Å². The number of hydrogen-bond donors (Lipinski definition) is 3. The van der Waals surface area contributed by atoms with Crippen LogP contribution in [-0.2, 0) is 19.1 Å². The number of aliphatic hydroxyl groups is 3. The summed E-state index contributed by atoms with van der Waals surface area (Å²) in [5.74, 6) is -2.10. The van der Waals surface area contributed by atoms with Gasteiger partial charge in [-0.1, -0.05) is 27.7 Å². The fraction of sp³-hybridized carbons (Fsp3) is 0.818. The minimum absolute atomic E-state index is 0.161. The Morgan fingerprint density at radius 3 is 2.41 bits per heavy atom. The molecule has 7 heteroatoms. The van der Waals surface area contributed by atoms with Gasteiger partial charge in [-0.2, -0.15) is 0 Å². The van der Waals surface area contributed by atoms with Crippen LogP contribution in [-0.4, -0.2) is 62.7 Å². The summed E-state index contributed by atoms with van der Waals surface area (Å²) in [6.45, 7) is 10.5. The zero-order valence-electron chi connectivity index (χ0n) is 17.9. The molecule has 0 bridgehead atoms. The number of rotatable bonds is 1. The normalized spacial score (nSPS) is 53.0. The number of fused-ring (bicyclic) bond motifs is 1. The Balaban J connectivity index is 1.83. The van der Waals surface area contributed by atoms with E-state index in [-0.39, 0.29) is 23.5 Å². The van der Waals surface area contributed by atoms with Crippen LogP contribution in [0.15, 0.2) is 11.6 Å². The number of epoxide rings is 1. The highest BCUT2D eigenvalue weighted by Gasteiger charge is 2.82. The molecule has 2 saturated carbocycles. The smallest absolute Gasteiger partial charge is 0.302 e. The van der Waals surface area contributed by atoms with Crippen LogP contribution >= 0.6 is 0 Å². The molecule has 0 spiro atoms. The Morgan fingerprint density at radius 2 is 1.83 bits per heavy atom. The molecule has 10 atom stereocenters. The molecule has 7 nitrogen and oxygen atoms in total. The van der Waals surface area contributed by atoms with Crippen molar-refractivity contribution in [3.8, 4) is 0 Å². The maximum Gasteiger partial charge on any atom is 0.302 e. The van der Waals surface area contributed by atoms with Gasteiger partial charge in [0.25, 0.3) is 0 Å². The monoisotopic (exact) mass is 408 g/mol. The number of aliphatic hydroxyl groups excluding tert-OH is 3. The number of esters is 1. The van der Waals surface area contributed by atoms with Gasteiger partial charge in [0, 0.05) is 18.8 Å². The lowest BCUT2D eigenvalue weighted by atomic mass is 9.80. The summed E-state index contributed by atoms with van der Waals surface area (Å²) < 4.78 is 11.6. The van der Waals surface area contributed by atoms with E-state index in [9.17, 15) is 24.9 Å². The average Bonchev–Trinajstić information content (AvgIpc) is 3.43. The molecule has 3 N–H and O–H groups in total. The summed E-state index contributed by atoms with van der Waals surface area (Å²) in [5, 5.41) is 32.6. The van der Waals surface area contributed by atoms with Crippen LogP contribution in [0.3, 0.4) is 0 Å². The Labute approximate surface area is 171 Å². The van der Waals surface area contributed by atoms with Gasteiger partial charge in [0.2, 0.25) is 0 Å². The van der Waals surface area contributed by atoms with E-state index in [0.717, 1.165) is 0 Å². The molecule has 162 valence electrons. The maximum absolute atomic E-state index is 13.7. The van der Waals surface area contributed by atoms with E-state index in [1.54, 1.807) is 19.9 Å². The summed E-state index contributed by atoms with van der Waals surface area (Å²) >= 11 is 0. The van der Waals surface area contributed by atoms with E-state index in [4.69, 9.17) is 9.47 Å². The first-order valence-corrected chi connectivity index (χ1v) is 10.5. The highest BCUT2D eigenvalue weighted by atomic mass is 16.7. The van der Waals surface area contributed by atoms with Crippen molar-refractivity contribution >= 4 is 11.8 Å². The Kier molecular flexibility index (Phi) is 4.43. The molecule has 3 fully saturated rings. The number of Topliss-reactive ketones (excluding diaryl/α,β-unsaturated/α-hetero) is 1. The predicted molar refractivity (Wildman–Crippen MR) is 103 cm³/mol. The SMILES string of the molecule is CC(=O)OC1C(C)C(=O)C23CC(C)C(O)C2(C=C(C)C(O)C(O)C2C1C2(C)C)O3. The van der Waals surface area contributed by atoms with Gasteiger partial charge >= 0.3 is 5.97 Å². The highest BCUT2D eigenvalue weighted by molar-refractivity contribution is 5.96. The van der Waals surface area contributed by atoms with Crippen molar-refractivity contribution in [3.05, 3.63) is 11.6 Å². The van der Waals surface area contributed by atoms with Crippen LogP contribution in [0.25, 0.3) is 0 Å². The van der Waals surface area contributed by atoms with Crippen LogP contribution in [0, 0.1) is 29.1 Å². The second-order valence-electron chi connectivity index (χ2n) is 10.3. The van der Waals surface area contributed by atoms with Crippen molar-refractivity contribution in [1.82, 2.24) is 0 Å². The van der Waals surface area contributed by atoms with E-state index in [0.29, 0.717) is 12.0 Å². The summed E-state index contributed by atoms with van der Waals surface area (Å²) in [7, 11) is 0. The zero-order valence-corrected chi connectivity index (χ0v) is 17.9. The molecular formula is C22H32O7. The zero-order chi connectivity index (χ0) is 21.7. The van der Waals surface area contributed by atoms with E-state index in [2.05, 4.69) is 0 Å². The molecule has 0 aromatic heterocycles. The molecule has 29 heavy (non-hydrogen) atoms. The van der Waals surface area contributed by atoms with Crippen LogP contribution < -0.4 is 0 Å². The van der Waals surface area contributed by atoms with E-state index < -0.39 is 52.9 Å². The highest BCUT2D eigenvalue weighted by Crippen LogP contribution is 2.67. The average molecular weight is 408 g/mol. The molecular weight excluding hydrogens is 376 g/mol. The molecule has 4 rings (SSSR count). The van der Waals surface area contributed by atoms with Crippen LogP contribution in [0.4, 0.5) is 0 Å². The quantitative estimate of drug-likeness (QED) is 0.336. The largest absolute Gasteiger partial charge is 0.461 e. The second-order valence-corrected chi connectivity index (χ2v) is 10.3. The topological polar surface area (TPSA) is 117 Å². The van der Waals surface area contributed by atoms with Crippen molar-refractivity contribution in [3.63, 3.8) is 0 Å². The maximum atomic E-state index is 13.7. The molecule has 10 unspecified atom stereocenters. The first-order valence-electron chi connectivity index (χ1n) is 10.5. The predicted octanol–water partition coefficient (Wildman–Crippen LogP) is 0.986. The summed E-state index contributed by atoms with van der Waals surface area (Å²) in [6.07, 6.45) is -1.86. The number of hydrogen-bond acceptors (Lipinski definition) is 7. The Morgan fingerprint density at radius 1 is 1.21 bits per heavy atom. The summed E-state index contributed by atoms with van der Waals surface area (Å²) in [5.41, 5.74) is -2.32. The standard InChI is InChI=1S/C22H32O7/c1-9-7-21-18(26)10(2)8-22(21,29-21)19(27)11(3)17(28-12(4)23)14-13(20(14,5)6)16(25)15(9)24/h7,10-11,13-18,24-26H,8H2,1-6H3. The van der Waals surface area contributed by atoms with Gasteiger partial charge in [-0.05, 0) is 36.3 Å². The van der Waals surface area contributed by atoms with Crippen molar-refractivity contribution in [2.45, 2.75) is 83.6 Å². The van der Waals surface area contributed by atoms with E-state index in [1.165, 1.54) is 6.92 Å². The summed E-state index contributed by atoms with van der Waals surface area (Å²) in [6, 6.07) is 0. The molecule has 4 aliphatic rings. The third kappa shape index (κ3) is 2.57. The number of ether oxygens (including phenoxy) is 2. The lowest BCUT2D eigenvalue weighted by Gasteiger charge is -2.26. The molecule has 3 aliphatic carbocycles. The lowest BCUT2D eigenvalue weighted by Crippen LogP contribution is -2.43. The first kappa shape index (κ1) is 21.0. The van der Waals surface area contributed by atoms with Gasteiger partial charge in [0.05, 0.1) is 18.1 Å². The van der Waals surface area contributed by atoms with Gasteiger partial charge in [0.1, 0.15) is 12.2 Å². The number of carbonyl (C=O) groups excluding carboxylic acids is 2. The third-order valence-electron chi connectivity index (χ3n) is 8.08. The third-order valence-corrected chi connectivity index (χ3v) is 8.08. The van der Waals surface area contributed by atoms with E-state index in [1.807, 2.05) is 20.8 Å². The van der Waals surface area contributed by atoms with Gasteiger partial charge in [0.15, 0.2) is 17.0 Å². The minimum Gasteiger partial charge on any atom is -0.461 e. The number of carbonyl (C=O) groups is 2. The molecule has 1 heterocycles. The Hall–Kier alpha value is -1.28. The van der Waals surface area contributed by atoms with Crippen LogP contribution in [0.1, 0.15) is 48.0 Å². The summed E-state index contributed by atoms with van der Waals surface area (Å²) in [4.78, 5) is 25.5. The molecule has 0 aromatic rings. The molecule has 0 aromatic carbocycles. The lowest BCUT2D eigenvalue weighted by molar-refractivity contribution is -0.154. The second kappa shape index (κ2) is 6.13. The van der Waals surface area contributed by atoms with Crippen molar-refractivity contribution in [1.29, 1.82) is 0 Å². The fourth-order valence-electron chi connectivity index (χ4n) is 6.41. The number of ketones is 1. The van der Waals surface area contributed by atoms with Crippen LogP contribution in [0.2, 0.25) is 0 Å². The van der Waals surface area contributed by atoms with Gasteiger partial charge in [-0.15, -0.1) is 0 Å². The van der Waals surface area contributed by atoms with Gasteiger partial charge in [-0.25, -0.2) is 0 Å². The Bertz CT molecular complexity index is 788.